The molecule has 18 heavy (non-hydrogen) atoms. The minimum absolute atomic E-state index is 0.131. The number of aliphatic hydroxyl groups is 1. The number of hydrogen-bond donors (Lipinski definition) is 1. The summed E-state index contributed by atoms with van der Waals surface area (Å²) < 4.78 is 48.0. The highest BCUT2D eigenvalue weighted by atomic mass is 19.4. The fourth-order valence-electron chi connectivity index (χ4n) is 1.40. The molecule has 0 heterocycles. The summed E-state index contributed by atoms with van der Waals surface area (Å²) in [5.74, 6) is -0.259. The molecule has 0 atom stereocenters. The van der Waals surface area contributed by atoms with Crippen LogP contribution in [0, 0.1) is 0 Å². The maximum atomic E-state index is 12.7. The lowest BCUT2D eigenvalue weighted by atomic mass is 10.1. The lowest BCUT2D eigenvalue weighted by Crippen LogP contribution is -2.10. The van der Waals surface area contributed by atoms with Gasteiger partial charge in [-0.1, -0.05) is 6.07 Å². The number of halogens is 3. The van der Waals surface area contributed by atoms with Gasteiger partial charge in [-0.05, 0) is 17.7 Å². The Kier molecular flexibility index (Phi) is 5.43. The van der Waals surface area contributed by atoms with Gasteiger partial charge in [0.15, 0.2) is 0 Å². The van der Waals surface area contributed by atoms with Crippen LogP contribution in [0.25, 0.3) is 0 Å². The second-order valence-electron chi connectivity index (χ2n) is 3.68. The van der Waals surface area contributed by atoms with Crippen LogP contribution in [0.15, 0.2) is 18.2 Å². The molecule has 0 fully saturated rings. The van der Waals surface area contributed by atoms with Crippen LogP contribution in [0.4, 0.5) is 13.2 Å². The molecule has 1 rings (SSSR count). The standard InChI is InChI=1S/C12H15F3O3/c1-17-5-2-6-18-11-7-9(8-16)3-4-10(11)12(13,14)15/h3-4,7,16H,2,5-6,8H2,1H3. The molecule has 1 aromatic carbocycles. The summed E-state index contributed by atoms with van der Waals surface area (Å²) in [5, 5.41) is 8.91. The molecule has 0 saturated heterocycles. The lowest BCUT2D eigenvalue weighted by molar-refractivity contribution is -0.139. The second-order valence-corrected chi connectivity index (χ2v) is 3.68. The van der Waals surface area contributed by atoms with Gasteiger partial charge in [-0.2, -0.15) is 13.2 Å². The van der Waals surface area contributed by atoms with Crippen LogP contribution in [-0.2, 0) is 17.5 Å². The molecule has 0 saturated carbocycles. The predicted molar refractivity (Wildman–Crippen MR) is 59.4 cm³/mol. The number of aliphatic hydroxyl groups excluding tert-OH is 1. The van der Waals surface area contributed by atoms with E-state index in [1.807, 2.05) is 0 Å². The molecule has 3 nitrogen and oxygen atoms in total. The molecule has 0 unspecified atom stereocenters. The van der Waals surface area contributed by atoms with Gasteiger partial charge in [0, 0.05) is 20.1 Å². The van der Waals surface area contributed by atoms with E-state index >= 15 is 0 Å². The van der Waals surface area contributed by atoms with E-state index in [2.05, 4.69) is 0 Å². The minimum atomic E-state index is -4.47. The normalized spacial score (nSPS) is 11.6. The van der Waals surface area contributed by atoms with E-state index in [0.717, 1.165) is 6.07 Å². The van der Waals surface area contributed by atoms with Crippen molar-refractivity contribution in [2.45, 2.75) is 19.2 Å². The maximum Gasteiger partial charge on any atom is 0.419 e. The molecule has 0 aliphatic heterocycles. The molecule has 0 aliphatic rings. The summed E-state index contributed by atoms with van der Waals surface area (Å²) in [6.45, 7) is 0.222. The van der Waals surface area contributed by atoms with Gasteiger partial charge in [-0.25, -0.2) is 0 Å². The highest BCUT2D eigenvalue weighted by molar-refractivity contribution is 5.39. The molecule has 0 aliphatic carbocycles. The minimum Gasteiger partial charge on any atom is -0.493 e. The SMILES string of the molecule is COCCCOc1cc(CO)ccc1C(F)(F)F. The van der Waals surface area contributed by atoms with Gasteiger partial charge in [-0.3, -0.25) is 0 Å². The number of ether oxygens (including phenoxy) is 2. The second kappa shape index (κ2) is 6.61. The predicted octanol–water partition coefficient (Wildman–Crippen LogP) is 2.61. The van der Waals surface area contributed by atoms with E-state index < -0.39 is 11.7 Å². The Hall–Kier alpha value is -1.27. The van der Waals surface area contributed by atoms with Crippen molar-refractivity contribution < 1.29 is 27.8 Å². The molecule has 1 N–H and O–H groups in total. The summed E-state index contributed by atoms with van der Waals surface area (Å²) >= 11 is 0. The van der Waals surface area contributed by atoms with E-state index in [1.165, 1.54) is 19.2 Å². The number of benzene rings is 1. The van der Waals surface area contributed by atoms with Crippen molar-refractivity contribution >= 4 is 0 Å². The molecular formula is C12H15F3O3. The molecule has 0 radical (unpaired) electrons. The van der Waals surface area contributed by atoms with Gasteiger partial charge in [0.05, 0.1) is 18.8 Å². The van der Waals surface area contributed by atoms with Gasteiger partial charge in [0.25, 0.3) is 0 Å². The molecule has 6 heteroatoms. The number of rotatable bonds is 6. The van der Waals surface area contributed by atoms with Crippen LogP contribution in [0.1, 0.15) is 17.5 Å². The molecule has 0 aromatic heterocycles. The van der Waals surface area contributed by atoms with Crippen LogP contribution >= 0.6 is 0 Å². The van der Waals surface area contributed by atoms with Crippen LogP contribution in [0.3, 0.4) is 0 Å². The third-order valence-corrected chi connectivity index (χ3v) is 2.28. The largest absolute Gasteiger partial charge is 0.493 e. The third kappa shape index (κ3) is 4.19. The summed E-state index contributed by atoms with van der Waals surface area (Å²) in [5.41, 5.74) is -0.457. The summed E-state index contributed by atoms with van der Waals surface area (Å²) in [4.78, 5) is 0. The highest BCUT2D eigenvalue weighted by Gasteiger charge is 2.34. The topological polar surface area (TPSA) is 38.7 Å². The van der Waals surface area contributed by atoms with E-state index in [9.17, 15) is 13.2 Å². The van der Waals surface area contributed by atoms with Crippen molar-refractivity contribution in [2.24, 2.45) is 0 Å². The average Bonchev–Trinajstić information content (AvgIpc) is 2.33. The van der Waals surface area contributed by atoms with E-state index in [0.29, 0.717) is 18.6 Å². The summed E-state index contributed by atoms with van der Waals surface area (Å²) in [6.07, 6.45) is -3.97. The van der Waals surface area contributed by atoms with Crippen molar-refractivity contribution in [1.29, 1.82) is 0 Å². The Morgan fingerprint density at radius 2 is 1.94 bits per heavy atom. The van der Waals surface area contributed by atoms with Crippen molar-refractivity contribution in [3.63, 3.8) is 0 Å². The van der Waals surface area contributed by atoms with Gasteiger partial charge < -0.3 is 14.6 Å². The first-order chi connectivity index (χ1) is 8.49. The van der Waals surface area contributed by atoms with Gasteiger partial charge in [0.1, 0.15) is 5.75 Å². The van der Waals surface area contributed by atoms with Gasteiger partial charge in [-0.15, -0.1) is 0 Å². The molecule has 0 amide bonds. The van der Waals surface area contributed by atoms with Crippen LogP contribution in [0.5, 0.6) is 5.75 Å². The van der Waals surface area contributed by atoms with Crippen molar-refractivity contribution in [3.8, 4) is 5.75 Å². The molecule has 102 valence electrons. The van der Waals surface area contributed by atoms with Crippen molar-refractivity contribution in [1.82, 2.24) is 0 Å². The quantitative estimate of drug-likeness (QED) is 0.803. The zero-order chi connectivity index (χ0) is 13.6. The van der Waals surface area contributed by atoms with Crippen molar-refractivity contribution in [3.05, 3.63) is 29.3 Å². The summed E-state index contributed by atoms with van der Waals surface area (Å²) in [7, 11) is 1.51. The lowest BCUT2D eigenvalue weighted by Gasteiger charge is -2.14. The van der Waals surface area contributed by atoms with E-state index in [-0.39, 0.29) is 19.0 Å². The first kappa shape index (κ1) is 14.8. The fourth-order valence-corrected chi connectivity index (χ4v) is 1.40. The molecular weight excluding hydrogens is 249 g/mol. The zero-order valence-electron chi connectivity index (χ0n) is 9.96. The number of methoxy groups -OCH3 is 1. The third-order valence-electron chi connectivity index (χ3n) is 2.28. The van der Waals surface area contributed by atoms with Crippen LogP contribution < -0.4 is 4.74 Å². The van der Waals surface area contributed by atoms with Crippen molar-refractivity contribution in [2.75, 3.05) is 20.3 Å². The Balaban J connectivity index is 2.83. The Morgan fingerprint density at radius 3 is 2.50 bits per heavy atom. The van der Waals surface area contributed by atoms with Gasteiger partial charge in [0.2, 0.25) is 0 Å². The summed E-state index contributed by atoms with van der Waals surface area (Å²) in [6, 6.07) is 3.34. The van der Waals surface area contributed by atoms with Crippen LogP contribution in [-0.4, -0.2) is 25.4 Å². The Morgan fingerprint density at radius 1 is 1.22 bits per heavy atom. The first-order valence-corrected chi connectivity index (χ1v) is 5.41. The average molecular weight is 264 g/mol. The molecule has 1 aromatic rings. The zero-order valence-corrected chi connectivity index (χ0v) is 9.96. The highest BCUT2D eigenvalue weighted by Crippen LogP contribution is 2.36. The van der Waals surface area contributed by atoms with Crippen LogP contribution in [0.2, 0.25) is 0 Å². The monoisotopic (exact) mass is 264 g/mol. The Bertz CT molecular complexity index is 377. The van der Waals surface area contributed by atoms with Gasteiger partial charge >= 0.3 is 6.18 Å². The fraction of sp³-hybridized carbons (Fsp3) is 0.500. The molecule has 0 bridgehead atoms. The molecule has 0 spiro atoms. The first-order valence-electron chi connectivity index (χ1n) is 5.41. The smallest absolute Gasteiger partial charge is 0.419 e. The Labute approximate surface area is 103 Å². The number of hydrogen-bond acceptors (Lipinski definition) is 3. The number of alkyl halides is 3. The van der Waals surface area contributed by atoms with E-state index in [1.54, 1.807) is 0 Å². The van der Waals surface area contributed by atoms with E-state index in [4.69, 9.17) is 14.6 Å². The maximum absolute atomic E-state index is 12.7.